The van der Waals surface area contributed by atoms with Crippen molar-refractivity contribution in [1.29, 1.82) is 0 Å². The minimum Gasteiger partial charge on any atom is -0.367 e. The van der Waals surface area contributed by atoms with Gasteiger partial charge in [-0.1, -0.05) is 0 Å². The van der Waals surface area contributed by atoms with Gasteiger partial charge in [0.15, 0.2) is 17.5 Å². The molecule has 1 unspecified atom stereocenters. The summed E-state index contributed by atoms with van der Waals surface area (Å²) in [4.78, 5) is 1.08. The lowest BCUT2D eigenvalue weighted by Gasteiger charge is -2.27. The molecule has 0 bridgehead atoms. The molecule has 1 N–H and O–H groups in total. The van der Waals surface area contributed by atoms with E-state index in [0.717, 1.165) is 11.0 Å². The zero-order valence-electron chi connectivity index (χ0n) is 10.3. The fourth-order valence-corrected chi connectivity index (χ4v) is 2.11. The van der Waals surface area contributed by atoms with E-state index >= 15 is 0 Å². The Hall–Kier alpha value is -1.44. The molecule has 0 spiro atoms. The van der Waals surface area contributed by atoms with Gasteiger partial charge in [-0.25, -0.2) is 13.2 Å². The molecule has 0 amide bonds. The average Bonchev–Trinajstić information content (AvgIpc) is 2.61. The van der Waals surface area contributed by atoms with E-state index in [2.05, 4.69) is 5.32 Å². The number of nitrogens with zero attached hydrogens (tertiary/aromatic N) is 1. The Morgan fingerprint density at radius 2 is 1.80 bits per heavy atom. The van der Waals surface area contributed by atoms with Crippen LogP contribution in [0.5, 0.6) is 0 Å². The van der Waals surface area contributed by atoms with E-state index in [-0.39, 0.29) is 25.3 Å². The Labute approximate surface area is 111 Å². The number of halogens is 6. The number of anilines is 1. The van der Waals surface area contributed by atoms with Crippen molar-refractivity contribution >= 4 is 5.69 Å². The molecule has 2 rings (SSSR count). The minimum absolute atomic E-state index is 0.0779. The summed E-state index contributed by atoms with van der Waals surface area (Å²) in [6.45, 7) is -0.511. The third kappa shape index (κ3) is 3.00. The molecule has 1 aliphatic heterocycles. The molecule has 1 aliphatic rings. The average molecular weight is 298 g/mol. The zero-order chi connectivity index (χ0) is 14.9. The maximum atomic E-state index is 13.6. The molecular weight excluding hydrogens is 286 g/mol. The van der Waals surface area contributed by atoms with E-state index in [1.165, 1.54) is 0 Å². The summed E-state index contributed by atoms with van der Waals surface area (Å²) < 4.78 is 77.9. The molecule has 0 saturated carbocycles. The summed E-state index contributed by atoms with van der Waals surface area (Å²) in [7, 11) is 0. The monoisotopic (exact) mass is 298 g/mol. The summed E-state index contributed by atoms with van der Waals surface area (Å²) in [5, 5.41) is 2.60. The summed E-state index contributed by atoms with van der Waals surface area (Å²) >= 11 is 0. The Morgan fingerprint density at radius 1 is 1.10 bits per heavy atom. The lowest BCUT2D eigenvalue weighted by atomic mass is 10.1. The second-order valence-electron chi connectivity index (χ2n) is 4.58. The van der Waals surface area contributed by atoms with Gasteiger partial charge in [-0.05, 0) is 12.1 Å². The molecular formula is C12H12F6N2. The van der Waals surface area contributed by atoms with Crippen molar-refractivity contribution in [2.75, 3.05) is 31.1 Å². The van der Waals surface area contributed by atoms with Crippen LogP contribution in [-0.4, -0.2) is 32.4 Å². The molecule has 1 fully saturated rings. The molecule has 0 radical (unpaired) electrons. The highest BCUT2D eigenvalue weighted by atomic mass is 19.4. The molecule has 1 aromatic carbocycles. The van der Waals surface area contributed by atoms with E-state index in [9.17, 15) is 26.3 Å². The molecule has 8 heteroatoms. The van der Waals surface area contributed by atoms with E-state index in [0.29, 0.717) is 6.07 Å². The second kappa shape index (κ2) is 5.51. The van der Waals surface area contributed by atoms with Crippen LogP contribution in [0.4, 0.5) is 32.0 Å². The topological polar surface area (TPSA) is 15.3 Å². The van der Waals surface area contributed by atoms with Crippen molar-refractivity contribution in [3.05, 3.63) is 29.6 Å². The Balaban J connectivity index is 2.29. The lowest BCUT2D eigenvalue weighted by Crippen LogP contribution is -2.38. The van der Waals surface area contributed by atoms with Gasteiger partial charge in [-0.15, -0.1) is 0 Å². The highest BCUT2D eigenvalue weighted by Gasteiger charge is 2.41. The summed E-state index contributed by atoms with van der Waals surface area (Å²) in [5.74, 6) is -6.21. The second-order valence-corrected chi connectivity index (χ2v) is 4.58. The molecule has 1 saturated heterocycles. The molecule has 112 valence electrons. The Bertz CT molecular complexity index is 488. The van der Waals surface area contributed by atoms with E-state index < -0.39 is 36.1 Å². The highest BCUT2D eigenvalue weighted by Crippen LogP contribution is 2.30. The van der Waals surface area contributed by atoms with Crippen LogP contribution < -0.4 is 10.2 Å². The van der Waals surface area contributed by atoms with Gasteiger partial charge in [-0.2, -0.15) is 13.2 Å². The van der Waals surface area contributed by atoms with Crippen molar-refractivity contribution < 1.29 is 26.3 Å². The standard InChI is InChI=1S/C12H12F6N2/c13-8-1-2-9(11(15)10(8)14)20-4-3-19-5-7(6-20)12(16,17)18/h1-2,7,19H,3-6H2. The number of hydrogen-bond acceptors (Lipinski definition) is 2. The van der Waals surface area contributed by atoms with Crippen LogP contribution in [0.1, 0.15) is 0 Å². The molecule has 1 aromatic rings. The third-order valence-electron chi connectivity index (χ3n) is 3.21. The summed E-state index contributed by atoms with van der Waals surface area (Å²) in [6, 6.07) is 1.65. The predicted octanol–water partition coefficient (Wildman–Crippen LogP) is 2.69. The fraction of sp³-hybridized carbons (Fsp3) is 0.500. The first-order valence-electron chi connectivity index (χ1n) is 5.96. The first-order chi connectivity index (χ1) is 9.30. The number of hydrogen-bond donors (Lipinski definition) is 1. The van der Waals surface area contributed by atoms with Gasteiger partial charge >= 0.3 is 6.18 Å². The highest BCUT2D eigenvalue weighted by molar-refractivity contribution is 5.48. The van der Waals surface area contributed by atoms with Crippen molar-refractivity contribution in [1.82, 2.24) is 5.32 Å². The van der Waals surface area contributed by atoms with Gasteiger partial charge in [0, 0.05) is 26.2 Å². The number of alkyl halides is 3. The number of benzene rings is 1. The Kier molecular flexibility index (Phi) is 4.12. The van der Waals surface area contributed by atoms with Gasteiger partial charge in [-0.3, -0.25) is 0 Å². The van der Waals surface area contributed by atoms with Crippen LogP contribution in [0, 0.1) is 23.4 Å². The molecule has 2 nitrogen and oxygen atoms in total. The maximum absolute atomic E-state index is 13.6. The van der Waals surface area contributed by atoms with Gasteiger partial charge in [0.05, 0.1) is 11.6 Å². The molecule has 1 heterocycles. The summed E-state index contributed by atoms with van der Waals surface area (Å²) in [5.41, 5.74) is -0.359. The van der Waals surface area contributed by atoms with Crippen LogP contribution in [0.25, 0.3) is 0 Å². The third-order valence-corrected chi connectivity index (χ3v) is 3.21. The van der Waals surface area contributed by atoms with Crippen LogP contribution in [0.2, 0.25) is 0 Å². The van der Waals surface area contributed by atoms with Crippen LogP contribution >= 0.6 is 0 Å². The summed E-state index contributed by atoms with van der Waals surface area (Å²) in [6.07, 6.45) is -4.44. The minimum atomic E-state index is -4.44. The lowest BCUT2D eigenvalue weighted by molar-refractivity contribution is -0.169. The van der Waals surface area contributed by atoms with Gasteiger partial charge in [0.1, 0.15) is 0 Å². The predicted molar refractivity (Wildman–Crippen MR) is 60.9 cm³/mol. The maximum Gasteiger partial charge on any atom is 0.394 e. The Morgan fingerprint density at radius 3 is 2.45 bits per heavy atom. The van der Waals surface area contributed by atoms with E-state index in [1.54, 1.807) is 0 Å². The first-order valence-corrected chi connectivity index (χ1v) is 5.96. The van der Waals surface area contributed by atoms with E-state index in [4.69, 9.17) is 0 Å². The van der Waals surface area contributed by atoms with Crippen LogP contribution in [-0.2, 0) is 0 Å². The smallest absolute Gasteiger partial charge is 0.367 e. The molecule has 20 heavy (non-hydrogen) atoms. The molecule has 0 aliphatic carbocycles. The SMILES string of the molecule is Fc1ccc(N2CCNCC(C(F)(F)F)C2)c(F)c1F. The van der Waals surface area contributed by atoms with Crippen LogP contribution in [0.3, 0.4) is 0 Å². The largest absolute Gasteiger partial charge is 0.394 e. The molecule has 0 aromatic heterocycles. The van der Waals surface area contributed by atoms with Gasteiger partial charge < -0.3 is 10.2 Å². The molecule has 1 atom stereocenters. The van der Waals surface area contributed by atoms with Gasteiger partial charge in [0.25, 0.3) is 0 Å². The van der Waals surface area contributed by atoms with E-state index in [1.807, 2.05) is 0 Å². The zero-order valence-corrected chi connectivity index (χ0v) is 10.3. The van der Waals surface area contributed by atoms with Crippen molar-refractivity contribution in [2.24, 2.45) is 5.92 Å². The first kappa shape index (κ1) is 15.0. The quantitative estimate of drug-likeness (QED) is 0.633. The number of nitrogens with one attached hydrogen (secondary N) is 1. The van der Waals surface area contributed by atoms with Crippen molar-refractivity contribution in [3.8, 4) is 0 Å². The van der Waals surface area contributed by atoms with Crippen molar-refractivity contribution in [3.63, 3.8) is 0 Å². The van der Waals surface area contributed by atoms with Crippen molar-refractivity contribution in [2.45, 2.75) is 6.18 Å². The fourth-order valence-electron chi connectivity index (χ4n) is 2.11. The normalized spacial score (nSPS) is 20.9. The van der Waals surface area contributed by atoms with Gasteiger partial charge in [0.2, 0.25) is 0 Å². The van der Waals surface area contributed by atoms with Crippen LogP contribution in [0.15, 0.2) is 12.1 Å². The number of rotatable bonds is 1.